The summed E-state index contributed by atoms with van der Waals surface area (Å²) in [5, 5.41) is 1.97. The summed E-state index contributed by atoms with van der Waals surface area (Å²) in [5.74, 6) is 0.315. The third-order valence-electron chi connectivity index (χ3n) is 2.73. The molecule has 2 nitrogen and oxygen atoms in total. The van der Waals surface area contributed by atoms with Crippen LogP contribution in [0, 0.1) is 20.8 Å². The number of benzene rings is 1. The zero-order valence-electron chi connectivity index (χ0n) is 11.3. The number of ether oxygens (including phenoxy) is 1. The minimum absolute atomic E-state index is 0.344. The third-order valence-corrected chi connectivity index (χ3v) is 3.57. The third kappa shape index (κ3) is 3.55. The lowest BCUT2D eigenvalue weighted by molar-refractivity contribution is -0.129. The Morgan fingerprint density at radius 3 is 2.47 bits per heavy atom. The summed E-state index contributed by atoms with van der Waals surface area (Å²) in [6, 6.07) is 7.93. The van der Waals surface area contributed by atoms with E-state index in [0.717, 1.165) is 16.0 Å². The summed E-state index contributed by atoms with van der Waals surface area (Å²) in [6.45, 7) is 5.93. The van der Waals surface area contributed by atoms with Gasteiger partial charge in [0, 0.05) is 11.0 Å². The lowest BCUT2D eigenvalue weighted by atomic mass is 10.1. The van der Waals surface area contributed by atoms with Crippen LogP contribution in [0.1, 0.15) is 21.6 Å². The number of thiophene rings is 1. The second-order valence-corrected chi connectivity index (χ2v) is 5.48. The van der Waals surface area contributed by atoms with Crippen LogP contribution in [-0.2, 0) is 4.79 Å². The highest BCUT2D eigenvalue weighted by atomic mass is 32.1. The maximum atomic E-state index is 11.8. The van der Waals surface area contributed by atoms with E-state index in [1.807, 2.05) is 50.4 Å². The van der Waals surface area contributed by atoms with E-state index in [1.165, 1.54) is 11.6 Å². The largest absolute Gasteiger partial charge is 0.423 e. The number of aryl methyl sites for hydroxylation is 3. The summed E-state index contributed by atoms with van der Waals surface area (Å²) < 4.78 is 5.41. The molecule has 0 aliphatic heterocycles. The molecule has 0 aliphatic carbocycles. The molecule has 1 aromatic carbocycles. The molecule has 0 atom stereocenters. The summed E-state index contributed by atoms with van der Waals surface area (Å²) >= 11 is 1.58. The molecule has 2 rings (SSSR count). The number of rotatable bonds is 3. The van der Waals surface area contributed by atoms with Crippen LogP contribution in [0.4, 0.5) is 0 Å². The predicted molar refractivity (Wildman–Crippen MR) is 79.6 cm³/mol. The highest BCUT2D eigenvalue weighted by Crippen LogP contribution is 2.24. The van der Waals surface area contributed by atoms with E-state index in [4.69, 9.17) is 4.74 Å². The molecule has 0 saturated heterocycles. The summed E-state index contributed by atoms with van der Waals surface area (Å²) in [7, 11) is 0. The minimum Gasteiger partial charge on any atom is -0.423 e. The standard InChI is InChI=1S/C16H16O2S/c1-11-9-12(2)16(13(3)10-11)18-15(17)7-6-14-5-4-8-19-14/h4-10H,1-3H3. The van der Waals surface area contributed by atoms with Crippen molar-refractivity contribution in [2.24, 2.45) is 0 Å². The molecule has 0 amide bonds. The van der Waals surface area contributed by atoms with E-state index in [1.54, 1.807) is 17.4 Å². The molecule has 3 heteroatoms. The molecule has 0 N–H and O–H groups in total. The molecule has 19 heavy (non-hydrogen) atoms. The van der Waals surface area contributed by atoms with Crippen LogP contribution < -0.4 is 4.74 Å². The molecule has 0 radical (unpaired) electrons. The average Bonchev–Trinajstić information content (AvgIpc) is 2.84. The maximum Gasteiger partial charge on any atom is 0.336 e. The van der Waals surface area contributed by atoms with Gasteiger partial charge in [0.15, 0.2) is 0 Å². The van der Waals surface area contributed by atoms with E-state index in [-0.39, 0.29) is 5.97 Å². The van der Waals surface area contributed by atoms with Gasteiger partial charge in [0.25, 0.3) is 0 Å². The van der Waals surface area contributed by atoms with Crippen LogP contribution in [0.25, 0.3) is 6.08 Å². The molecule has 0 aliphatic rings. The molecule has 1 aromatic heterocycles. The first-order valence-electron chi connectivity index (χ1n) is 6.07. The molecular weight excluding hydrogens is 256 g/mol. The van der Waals surface area contributed by atoms with Gasteiger partial charge in [-0.1, -0.05) is 23.8 Å². The fraction of sp³-hybridized carbons (Fsp3) is 0.188. The van der Waals surface area contributed by atoms with Gasteiger partial charge in [-0.15, -0.1) is 11.3 Å². The maximum absolute atomic E-state index is 11.8. The van der Waals surface area contributed by atoms with Crippen LogP contribution >= 0.6 is 11.3 Å². The van der Waals surface area contributed by atoms with Crippen LogP contribution in [0.15, 0.2) is 35.7 Å². The first kappa shape index (κ1) is 13.6. The van der Waals surface area contributed by atoms with E-state index >= 15 is 0 Å². The Morgan fingerprint density at radius 2 is 1.89 bits per heavy atom. The van der Waals surface area contributed by atoms with Gasteiger partial charge in [0.05, 0.1) is 0 Å². The monoisotopic (exact) mass is 272 g/mol. The Labute approximate surface area is 117 Å². The lowest BCUT2D eigenvalue weighted by Crippen LogP contribution is -2.06. The van der Waals surface area contributed by atoms with Crippen molar-refractivity contribution in [3.8, 4) is 5.75 Å². The van der Waals surface area contributed by atoms with E-state index in [9.17, 15) is 4.79 Å². The van der Waals surface area contributed by atoms with Gasteiger partial charge in [-0.05, 0) is 49.4 Å². The van der Waals surface area contributed by atoms with Crippen molar-refractivity contribution >= 4 is 23.4 Å². The van der Waals surface area contributed by atoms with Crippen molar-refractivity contribution < 1.29 is 9.53 Å². The van der Waals surface area contributed by atoms with E-state index in [0.29, 0.717) is 5.75 Å². The Hall–Kier alpha value is -1.87. The minimum atomic E-state index is -0.344. The van der Waals surface area contributed by atoms with Crippen molar-refractivity contribution in [3.63, 3.8) is 0 Å². The SMILES string of the molecule is Cc1cc(C)c(OC(=O)C=Cc2cccs2)c(C)c1. The summed E-state index contributed by atoms with van der Waals surface area (Å²) in [4.78, 5) is 12.8. The second-order valence-electron chi connectivity index (χ2n) is 4.50. The Morgan fingerprint density at radius 1 is 1.21 bits per heavy atom. The quantitative estimate of drug-likeness (QED) is 0.473. The number of hydrogen-bond donors (Lipinski definition) is 0. The topological polar surface area (TPSA) is 26.3 Å². The fourth-order valence-electron chi connectivity index (χ4n) is 2.00. The molecule has 0 fully saturated rings. The Bertz CT molecular complexity index is 587. The first-order chi connectivity index (χ1) is 9.06. The molecule has 0 saturated carbocycles. The molecule has 0 spiro atoms. The van der Waals surface area contributed by atoms with Gasteiger partial charge in [0.2, 0.25) is 0 Å². The smallest absolute Gasteiger partial charge is 0.336 e. The molecular formula is C16H16O2S. The first-order valence-corrected chi connectivity index (χ1v) is 6.95. The normalized spacial score (nSPS) is 10.9. The average molecular weight is 272 g/mol. The fourth-order valence-corrected chi connectivity index (χ4v) is 2.62. The summed E-state index contributed by atoms with van der Waals surface area (Å²) in [5.41, 5.74) is 3.13. The van der Waals surface area contributed by atoms with Gasteiger partial charge in [-0.2, -0.15) is 0 Å². The Kier molecular flexibility index (Phi) is 4.17. The van der Waals surface area contributed by atoms with Crippen molar-refractivity contribution in [1.29, 1.82) is 0 Å². The van der Waals surface area contributed by atoms with E-state index in [2.05, 4.69) is 0 Å². The van der Waals surface area contributed by atoms with Gasteiger partial charge in [-0.25, -0.2) is 4.79 Å². The van der Waals surface area contributed by atoms with Gasteiger partial charge >= 0.3 is 5.97 Å². The van der Waals surface area contributed by atoms with Crippen molar-refractivity contribution in [1.82, 2.24) is 0 Å². The Balaban J connectivity index is 2.11. The summed E-state index contributed by atoms with van der Waals surface area (Å²) in [6.07, 6.45) is 3.23. The number of carbonyl (C=O) groups is 1. The lowest BCUT2D eigenvalue weighted by Gasteiger charge is -2.10. The molecule has 98 valence electrons. The highest BCUT2D eigenvalue weighted by Gasteiger charge is 2.08. The van der Waals surface area contributed by atoms with Gasteiger partial charge in [-0.3, -0.25) is 0 Å². The van der Waals surface area contributed by atoms with Crippen molar-refractivity contribution in [2.45, 2.75) is 20.8 Å². The van der Waals surface area contributed by atoms with Crippen molar-refractivity contribution in [2.75, 3.05) is 0 Å². The molecule has 0 bridgehead atoms. The van der Waals surface area contributed by atoms with Crippen molar-refractivity contribution in [3.05, 3.63) is 57.3 Å². The zero-order chi connectivity index (χ0) is 13.8. The molecule has 1 heterocycles. The molecule has 2 aromatic rings. The van der Waals surface area contributed by atoms with Crippen LogP contribution in [-0.4, -0.2) is 5.97 Å². The highest BCUT2D eigenvalue weighted by molar-refractivity contribution is 7.10. The molecule has 0 unspecified atom stereocenters. The second kappa shape index (κ2) is 5.85. The number of hydrogen-bond acceptors (Lipinski definition) is 3. The van der Waals surface area contributed by atoms with E-state index < -0.39 is 0 Å². The predicted octanol–water partition coefficient (Wildman–Crippen LogP) is 4.29. The van der Waals surface area contributed by atoms with Crippen LogP contribution in [0.2, 0.25) is 0 Å². The number of esters is 1. The van der Waals surface area contributed by atoms with Crippen LogP contribution in [0.5, 0.6) is 5.75 Å². The van der Waals surface area contributed by atoms with Crippen LogP contribution in [0.3, 0.4) is 0 Å². The van der Waals surface area contributed by atoms with Gasteiger partial charge in [0.1, 0.15) is 5.75 Å². The zero-order valence-corrected chi connectivity index (χ0v) is 12.1. The number of carbonyl (C=O) groups excluding carboxylic acids is 1. The van der Waals surface area contributed by atoms with Gasteiger partial charge < -0.3 is 4.74 Å².